The first-order valence-corrected chi connectivity index (χ1v) is 7.06. The summed E-state index contributed by atoms with van der Waals surface area (Å²) in [6.07, 6.45) is 0.964. The lowest BCUT2D eigenvalue weighted by atomic mass is 10.0. The number of aldehydes is 1. The summed E-state index contributed by atoms with van der Waals surface area (Å²) in [5.41, 5.74) is 5.11. The topological polar surface area (TPSA) is 32.9 Å². The normalized spacial score (nSPS) is 11.1. The molecule has 0 spiro atoms. The number of H-pyrrole nitrogens is 1. The van der Waals surface area contributed by atoms with Crippen molar-refractivity contribution in [2.45, 2.75) is 20.8 Å². The fourth-order valence-corrected chi connectivity index (χ4v) is 3.51. The maximum atomic E-state index is 11.5. The summed E-state index contributed by atoms with van der Waals surface area (Å²) in [5.74, 6) is 0. The summed E-state index contributed by atoms with van der Waals surface area (Å²) in [6.45, 7) is 6.20. The van der Waals surface area contributed by atoms with E-state index >= 15 is 0 Å². The number of thiophene rings is 1. The molecule has 2 heterocycles. The van der Waals surface area contributed by atoms with Crippen LogP contribution in [0.5, 0.6) is 0 Å². The molecule has 0 saturated carbocycles. The Kier molecular flexibility index (Phi) is 2.79. The van der Waals surface area contributed by atoms with Crippen LogP contribution >= 0.6 is 11.3 Å². The molecule has 0 radical (unpaired) electrons. The molecule has 3 heteroatoms. The Morgan fingerprint density at radius 3 is 2.58 bits per heavy atom. The molecule has 1 N–H and O–H groups in total. The average molecular weight is 269 g/mol. The molecule has 0 aliphatic rings. The first kappa shape index (κ1) is 12.2. The molecule has 0 atom stereocenters. The van der Waals surface area contributed by atoms with Crippen molar-refractivity contribution in [1.29, 1.82) is 0 Å². The van der Waals surface area contributed by atoms with E-state index in [1.165, 1.54) is 10.4 Å². The number of carbonyl (C=O) groups is 1. The van der Waals surface area contributed by atoms with E-state index < -0.39 is 0 Å². The highest BCUT2D eigenvalue weighted by molar-refractivity contribution is 7.15. The summed E-state index contributed by atoms with van der Waals surface area (Å²) in [7, 11) is 0. The van der Waals surface area contributed by atoms with Crippen LogP contribution in [-0.4, -0.2) is 11.3 Å². The zero-order valence-electron chi connectivity index (χ0n) is 11.2. The van der Waals surface area contributed by atoms with Gasteiger partial charge in [-0.1, -0.05) is 6.07 Å². The van der Waals surface area contributed by atoms with Crippen LogP contribution in [0.1, 0.15) is 26.4 Å². The van der Waals surface area contributed by atoms with Crippen molar-refractivity contribution in [2.24, 2.45) is 0 Å². The molecule has 96 valence electrons. The molecule has 3 aromatic rings. The molecule has 0 aliphatic heterocycles. The minimum Gasteiger partial charge on any atom is -0.353 e. The molecule has 0 unspecified atom stereocenters. The van der Waals surface area contributed by atoms with E-state index in [4.69, 9.17) is 0 Å². The number of fused-ring (bicyclic) bond motifs is 1. The van der Waals surface area contributed by atoms with Crippen LogP contribution < -0.4 is 0 Å². The Morgan fingerprint density at radius 2 is 1.95 bits per heavy atom. The Morgan fingerprint density at radius 1 is 1.16 bits per heavy atom. The number of nitrogens with one attached hydrogen (secondary N) is 1. The van der Waals surface area contributed by atoms with Crippen LogP contribution in [0.25, 0.3) is 21.5 Å². The van der Waals surface area contributed by atoms with Gasteiger partial charge in [-0.25, -0.2) is 0 Å². The lowest BCUT2D eigenvalue weighted by molar-refractivity contribution is 0.112. The van der Waals surface area contributed by atoms with Crippen molar-refractivity contribution >= 4 is 28.5 Å². The Balaban J connectivity index is 2.37. The third-order valence-corrected chi connectivity index (χ3v) is 4.40. The summed E-state index contributed by atoms with van der Waals surface area (Å²) in [6, 6.07) is 8.37. The summed E-state index contributed by atoms with van der Waals surface area (Å²) >= 11 is 1.71. The van der Waals surface area contributed by atoms with E-state index in [1.807, 2.05) is 0 Å². The van der Waals surface area contributed by atoms with Crippen LogP contribution in [-0.2, 0) is 0 Å². The smallest absolute Gasteiger partial charge is 0.152 e. The number of carbonyl (C=O) groups excluding carboxylic acids is 1. The van der Waals surface area contributed by atoms with Gasteiger partial charge in [-0.05, 0) is 50.1 Å². The summed E-state index contributed by atoms with van der Waals surface area (Å²) in [5, 5.41) is 1.04. The quantitative estimate of drug-likeness (QED) is 0.676. The maximum Gasteiger partial charge on any atom is 0.152 e. The molecule has 0 fully saturated rings. The second-order valence-electron chi connectivity index (χ2n) is 4.95. The molecule has 2 aromatic heterocycles. The molecular formula is C16H15NOS. The Bertz CT molecular complexity index is 779. The fourth-order valence-electron chi connectivity index (χ4n) is 2.63. The lowest BCUT2D eigenvalue weighted by Gasteiger charge is -1.99. The molecule has 0 amide bonds. The van der Waals surface area contributed by atoms with Crippen molar-refractivity contribution in [3.05, 3.63) is 45.8 Å². The second kappa shape index (κ2) is 4.35. The maximum absolute atomic E-state index is 11.5. The number of rotatable bonds is 2. The van der Waals surface area contributed by atoms with E-state index in [-0.39, 0.29) is 0 Å². The number of aromatic nitrogens is 1. The van der Waals surface area contributed by atoms with Gasteiger partial charge in [0.1, 0.15) is 0 Å². The van der Waals surface area contributed by atoms with E-state index in [0.717, 1.165) is 38.9 Å². The van der Waals surface area contributed by atoms with E-state index in [9.17, 15) is 4.79 Å². The molecule has 19 heavy (non-hydrogen) atoms. The molecule has 2 nitrogen and oxygen atoms in total. The van der Waals surface area contributed by atoms with Gasteiger partial charge in [-0.3, -0.25) is 4.79 Å². The predicted molar refractivity (Wildman–Crippen MR) is 81.2 cm³/mol. The van der Waals surface area contributed by atoms with Gasteiger partial charge in [0.2, 0.25) is 0 Å². The third-order valence-electron chi connectivity index (χ3n) is 3.38. The summed E-state index contributed by atoms with van der Waals surface area (Å²) in [4.78, 5) is 17.3. The van der Waals surface area contributed by atoms with E-state index in [1.54, 1.807) is 11.3 Å². The van der Waals surface area contributed by atoms with Crippen molar-refractivity contribution in [1.82, 2.24) is 4.98 Å². The highest BCUT2D eigenvalue weighted by atomic mass is 32.1. The zero-order valence-corrected chi connectivity index (χ0v) is 12.0. The minimum atomic E-state index is 0.773. The second-order valence-corrected chi connectivity index (χ2v) is 6.23. The van der Waals surface area contributed by atoms with Gasteiger partial charge in [0, 0.05) is 21.3 Å². The number of hydrogen-bond donors (Lipinski definition) is 1. The molecular weight excluding hydrogens is 254 g/mol. The van der Waals surface area contributed by atoms with Gasteiger partial charge in [0.05, 0.1) is 10.6 Å². The number of hydrogen-bond acceptors (Lipinski definition) is 2. The monoisotopic (exact) mass is 269 g/mol. The zero-order chi connectivity index (χ0) is 13.6. The molecule has 0 aliphatic carbocycles. The predicted octanol–water partition coefficient (Wildman–Crippen LogP) is 4.63. The largest absolute Gasteiger partial charge is 0.353 e. The Hall–Kier alpha value is -1.87. The molecule has 0 bridgehead atoms. The van der Waals surface area contributed by atoms with Crippen molar-refractivity contribution in [2.75, 3.05) is 0 Å². The number of benzene rings is 1. The fraction of sp³-hybridized carbons (Fsp3) is 0.188. The standard InChI is InChI=1S/C16H15NOS/c1-9-6-10(2)15-12(8-18)16(17-13(15)7-9)14-5-4-11(3)19-14/h4-8,17H,1-3H3. The first-order valence-electron chi connectivity index (χ1n) is 6.25. The SMILES string of the molecule is Cc1cc(C)c2c(C=O)c(-c3ccc(C)s3)[nH]c2c1. The van der Waals surface area contributed by atoms with Gasteiger partial charge in [0.25, 0.3) is 0 Å². The number of aromatic amines is 1. The highest BCUT2D eigenvalue weighted by Gasteiger charge is 2.15. The molecule has 0 saturated heterocycles. The first-order chi connectivity index (χ1) is 9.10. The van der Waals surface area contributed by atoms with Crippen LogP contribution in [0, 0.1) is 20.8 Å². The third kappa shape index (κ3) is 1.90. The van der Waals surface area contributed by atoms with Crippen LogP contribution in [0.15, 0.2) is 24.3 Å². The Labute approximate surface area is 116 Å². The van der Waals surface area contributed by atoms with Gasteiger partial charge >= 0.3 is 0 Å². The van der Waals surface area contributed by atoms with Crippen LogP contribution in [0.4, 0.5) is 0 Å². The van der Waals surface area contributed by atoms with E-state index in [0.29, 0.717) is 0 Å². The lowest BCUT2D eigenvalue weighted by Crippen LogP contribution is -1.84. The van der Waals surface area contributed by atoms with Gasteiger partial charge in [0.15, 0.2) is 6.29 Å². The van der Waals surface area contributed by atoms with Crippen LogP contribution in [0.3, 0.4) is 0 Å². The van der Waals surface area contributed by atoms with Crippen LogP contribution in [0.2, 0.25) is 0 Å². The average Bonchev–Trinajstić information content (AvgIpc) is 2.91. The van der Waals surface area contributed by atoms with E-state index in [2.05, 4.69) is 50.0 Å². The minimum absolute atomic E-state index is 0.773. The van der Waals surface area contributed by atoms with Gasteiger partial charge < -0.3 is 4.98 Å². The van der Waals surface area contributed by atoms with Gasteiger partial charge in [-0.15, -0.1) is 11.3 Å². The molecule has 3 rings (SSSR count). The number of aryl methyl sites for hydroxylation is 3. The summed E-state index contributed by atoms with van der Waals surface area (Å²) < 4.78 is 0. The molecule has 1 aromatic carbocycles. The van der Waals surface area contributed by atoms with Gasteiger partial charge in [-0.2, -0.15) is 0 Å². The van der Waals surface area contributed by atoms with Crippen molar-refractivity contribution < 1.29 is 4.79 Å². The highest BCUT2D eigenvalue weighted by Crippen LogP contribution is 2.35. The van der Waals surface area contributed by atoms with Crippen molar-refractivity contribution in [3.63, 3.8) is 0 Å². The van der Waals surface area contributed by atoms with Crippen molar-refractivity contribution in [3.8, 4) is 10.6 Å².